The summed E-state index contributed by atoms with van der Waals surface area (Å²) in [5, 5.41) is 7.89. The molecule has 0 aromatic carbocycles. The number of methoxy groups -OCH3 is 1. The van der Waals surface area contributed by atoms with E-state index in [1.54, 1.807) is 7.11 Å². The number of aromatic nitrogens is 3. The average Bonchev–Trinajstić information content (AvgIpc) is 3.05. The lowest BCUT2D eigenvalue weighted by Gasteiger charge is -2.29. The fourth-order valence-electron chi connectivity index (χ4n) is 2.77. The molecule has 25 heavy (non-hydrogen) atoms. The van der Waals surface area contributed by atoms with Gasteiger partial charge in [0, 0.05) is 39.5 Å². The molecule has 1 saturated heterocycles. The van der Waals surface area contributed by atoms with Crippen molar-refractivity contribution in [3.8, 4) is 0 Å². The first kappa shape index (κ1) is 17.8. The van der Waals surface area contributed by atoms with Gasteiger partial charge in [0.25, 0.3) is 11.5 Å². The summed E-state index contributed by atoms with van der Waals surface area (Å²) in [6.45, 7) is 5.12. The molecule has 1 aliphatic heterocycles. The number of carbonyl (C=O) groups excluding carboxylic acids is 1. The highest BCUT2D eigenvalue weighted by atomic mass is 32.1. The first-order valence-corrected chi connectivity index (χ1v) is 9.32. The lowest BCUT2D eigenvalue weighted by Crippen LogP contribution is -2.34. The Labute approximate surface area is 149 Å². The van der Waals surface area contributed by atoms with Gasteiger partial charge in [-0.25, -0.2) is 4.98 Å². The summed E-state index contributed by atoms with van der Waals surface area (Å²) in [5.41, 5.74) is -0.416. The van der Waals surface area contributed by atoms with Crippen molar-refractivity contribution < 1.29 is 9.53 Å². The van der Waals surface area contributed by atoms with Crippen molar-refractivity contribution in [2.45, 2.75) is 26.2 Å². The highest BCUT2D eigenvalue weighted by Crippen LogP contribution is 2.26. The van der Waals surface area contributed by atoms with Crippen LogP contribution in [0.1, 0.15) is 36.5 Å². The number of anilines is 1. The van der Waals surface area contributed by atoms with E-state index in [0.717, 1.165) is 37.0 Å². The standard InChI is InChI=1S/C16H23N5O3S/c1-11-4-7-20(8-5-11)16-19-21-14(23)12(10-18-15(21)25-16)13(22)17-6-3-9-24-2/h10-11H,3-9H2,1-2H3,(H,17,22). The van der Waals surface area contributed by atoms with Gasteiger partial charge in [-0.2, -0.15) is 4.52 Å². The second-order valence-electron chi connectivity index (χ2n) is 6.33. The van der Waals surface area contributed by atoms with E-state index in [9.17, 15) is 9.59 Å². The van der Waals surface area contributed by atoms with Crippen LogP contribution in [0, 0.1) is 5.92 Å². The van der Waals surface area contributed by atoms with Gasteiger partial charge in [0.2, 0.25) is 10.1 Å². The maximum Gasteiger partial charge on any atom is 0.288 e. The van der Waals surface area contributed by atoms with Crippen LogP contribution < -0.4 is 15.8 Å². The Morgan fingerprint density at radius 3 is 2.92 bits per heavy atom. The van der Waals surface area contributed by atoms with Gasteiger partial charge in [0.05, 0.1) is 0 Å². The molecule has 1 amide bonds. The molecule has 0 radical (unpaired) electrons. The van der Waals surface area contributed by atoms with Gasteiger partial charge in [-0.05, 0) is 25.2 Å². The Morgan fingerprint density at radius 1 is 1.44 bits per heavy atom. The molecule has 0 saturated carbocycles. The number of amides is 1. The van der Waals surface area contributed by atoms with Gasteiger partial charge >= 0.3 is 0 Å². The Kier molecular flexibility index (Phi) is 5.64. The van der Waals surface area contributed by atoms with Crippen molar-refractivity contribution in [1.82, 2.24) is 19.9 Å². The minimum absolute atomic E-state index is 0.0130. The third-order valence-electron chi connectivity index (χ3n) is 4.39. The summed E-state index contributed by atoms with van der Waals surface area (Å²) >= 11 is 1.38. The van der Waals surface area contributed by atoms with E-state index in [-0.39, 0.29) is 5.56 Å². The zero-order valence-corrected chi connectivity index (χ0v) is 15.3. The van der Waals surface area contributed by atoms with E-state index in [1.807, 2.05) is 0 Å². The number of ether oxygens (including phenoxy) is 1. The molecule has 0 unspecified atom stereocenters. The number of rotatable bonds is 6. The number of piperidine rings is 1. The van der Waals surface area contributed by atoms with Crippen LogP contribution in [-0.2, 0) is 4.74 Å². The predicted octanol–water partition coefficient (Wildman–Crippen LogP) is 1.15. The van der Waals surface area contributed by atoms with Gasteiger partial charge in [0.1, 0.15) is 5.56 Å². The van der Waals surface area contributed by atoms with E-state index >= 15 is 0 Å². The van der Waals surface area contributed by atoms with Gasteiger partial charge in [-0.1, -0.05) is 18.3 Å². The summed E-state index contributed by atoms with van der Waals surface area (Å²) in [5.74, 6) is 0.296. The number of fused-ring (bicyclic) bond motifs is 1. The number of carbonyl (C=O) groups is 1. The molecule has 3 rings (SSSR count). The summed E-state index contributed by atoms with van der Waals surface area (Å²) in [6, 6.07) is 0. The summed E-state index contributed by atoms with van der Waals surface area (Å²) in [7, 11) is 1.61. The predicted molar refractivity (Wildman–Crippen MR) is 96.6 cm³/mol. The Balaban J connectivity index is 1.78. The van der Waals surface area contributed by atoms with Crippen molar-refractivity contribution >= 4 is 27.3 Å². The van der Waals surface area contributed by atoms with Crippen molar-refractivity contribution in [3.05, 3.63) is 22.1 Å². The Bertz CT molecular complexity index is 795. The van der Waals surface area contributed by atoms with E-state index < -0.39 is 11.5 Å². The number of nitrogens with zero attached hydrogens (tertiary/aromatic N) is 4. The van der Waals surface area contributed by atoms with Crippen LogP contribution >= 0.6 is 11.3 Å². The van der Waals surface area contributed by atoms with Crippen LogP contribution in [0.15, 0.2) is 11.0 Å². The molecule has 3 heterocycles. The van der Waals surface area contributed by atoms with Crippen LogP contribution in [-0.4, -0.2) is 53.9 Å². The van der Waals surface area contributed by atoms with Crippen molar-refractivity contribution in [2.24, 2.45) is 5.92 Å². The van der Waals surface area contributed by atoms with Crippen LogP contribution in [0.5, 0.6) is 0 Å². The molecule has 1 fully saturated rings. The SMILES string of the molecule is COCCCNC(=O)c1cnc2sc(N3CCC(C)CC3)nn2c1=O. The molecular weight excluding hydrogens is 342 g/mol. The lowest BCUT2D eigenvalue weighted by atomic mass is 10.00. The zero-order valence-electron chi connectivity index (χ0n) is 14.5. The fraction of sp³-hybridized carbons (Fsp3) is 0.625. The topological polar surface area (TPSA) is 88.8 Å². The zero-order chi connectivity index (χ0) is 17.8. The molecule has 0 aliphatic carbocycles. The van der Waals surface area contributed by atoms with E-state index in [1.165, 1.54) is 22.0 Å². The van der Waals surface area contributed by atoms with Gasteiger partial charge in [-0.15, -0.1) is 5.10 Å². The molecule has 136 valence electrons. The largest absolute Gasteiger partial charge is 0.385 e. The number of hydrogen-bond donors (Lipinski definition) is 1. The quantitative estimate of drug-likeness (QED) is 0.773. The van der Waals surface area contributed by atoms with E-state index in [2.05, 4.69) is 27.2 Å². The smallest absolute Gasteiger partial charge is 0.288 e. The average molecular weight is 365 g/mol. The monoisotopic (exact) mass is 365 g/mol. The summed E-state index contributed by atoms with van der Waals surface area (Å²) in [6.07, 6.45) is 4.26. The molecule has 9 heteroatoms. The number of nitrogens with one attached hydrogen (secondary N) is 1. The van der Waals surface area contributed by atoms with Crippen molar-refractivity contribution in [2.75, 3.05) is 38.3 Å². The second kappa shape index (κ2) is 7.92. The van der Waals surface area contributed by atoms with E-state index in [0.29, 0.717) is 24.5 Å². The van der Waals surface area contributed by atoms with Gasteiger partial charge in [-0.3, -0.25) is 9.59 Å². The van der Waals surface area contributed by atoms with Gasteiger partial charge < -0.3 is 15.0 Å². The maximum atomic E-state index is 12.6. The molecule has 1 N–H and O–H groups in total. The minimum Gasteiger partial charge on any atom is -0.385 e. The van der Waals surface area contributed by atoms with Crippen molar-refractivity contribution in [1.29, 1.82) is 0 Å². The van der Waals surface area contributed by atoms with Crippen LogP contribution in [0.25, 0.3) is 4.96 Å². The molecule has 0 atom stereocenters. The highest BCUT2D eigenvalue weighted by Gasteiger charge is 2.21. The first-order valence-electron chi connectivity index (χ1n) is 8.51. The maximum absolute atomic E-state index is 12.6. The van der Waals surface area contributed by atoms with Crippen molar-refractivity contribution in [3.63, 3.8) is 0 Å². The van der Waals surface area contributed by atoms with Crippen LogP contribution in [0.4, 0.5) is 5.13 Å². The highest BCUT2D eigenvalue weighted by molar-refractivity contribution is 7.20. The lowest BCUT2D eigenvalue weighted by molar-refractivity contribution is 0.0946. The molecule has 0 spiro atoms. The minimum atomic E-state index is -0.429. The number of hydrogen-bond acceptors (Lipinski definition) is 7. The second-order valence-corrected chi connectivity index (χ2v) is 7.26. The first-order chi connectivity index (χ1) is 12.1. The summed E-state index contributed by atoms with van der Waals surface area (Å²) < 4.78 is 6.17. The Hall–Kier alpha value is -2.00. The van der Waals surface area contributed by atoms with Crippen LogP contribution in [0.2, 0.25) is 0 Å². The molecule has 0 bridgehead atoms. The molecule has 8 nitrogen and oxygen atoms in total. The molecule has 2 aromatic heterocycles. The van der Waals surface area contributed by atoms with E-state index in [4.69, 9.17) is 4.74 Å². The normalized spacial score (nSPS) is 15.7. The molecular formula is C16H23N5O3S. The Morgan fingerprint density at radius 2 is 2.20 bits per heavy atom. The summed E-state index contributed by atoms with van der Waals surface area (Å²) in [4.78, 5) is 31.7. The molecule has 2 aromatic rings. The van der Waals surface area contributed by atoms with Crippen LogP contribution in [0.3, 0.4) is 0 Å². The van der Waals surface area contributed by atoms with Gasteiger partial charge in [0.15, 0.2) is 0 Å². The third kappa shape index (κ3) is 3.98. The third-order valence-corrected chi connectivity index (χ3v) is 5.37. The fourth-order valence-corrected chi connectivity index (χ4v) is 3.69. The molecule has 1 aliphatic rings.